The maximum atomic E-state index is 15.4. The minimum atomic E-state index is -4.76. The van der Waals surface area contributed by atoms with E-state index in [1.165, 1.54) is 31.7 Å². The average molecular weight is 586 g/mol. The second-order valence-electron chi connectivity index (χ2n) is 10.4. The Kier molecular flexibility index (Phi) is 8.39. The van der Waals surface area contributed by atoms with Crippen LogP contribution in [0, 0.1) is 5.82 Å². The van der Waals surface area contributed by atoms with Crippen LogP contribution < -0.4 is 4.90 Å². The standard InChI is InChI=1S/C29H31F4N7O2/c1-3-18-14-34-28(35-15-18)39-8-6-21(7-9-39)40-16-23(30)25-24(36-17-37-26(25)40)13-19-4-5-20(12-22(19)29(31,32)33)27(42)38(2)10-11-41/h4-5,12,14-17,21,41H,3,6-11,13H2,1-2H3. The van der Waals surface area contributed by atoms with Crippen LogP contribution in [-0.2, 0) is 19.0 Å². The van der Waals surface area contributed by atoms with Crippen molar-refractivity contribution in [1.29, 1.82) is 0 Å². The lowest BCUT2D eigenvalue weighted by atomic mass is 9.98. The van der Waals surface area contributed by atoms with E-state index in [1.807, 2.05) is 19.3 Å². The van der Waals surface area contributed by atoms with Gasteiger partial charge < -0.3 is 19.5 Å². The van der Waals surface area contributed by atoms with Gasteiger partial charge >= 0.3 is 6.18 Å². The lowest BCUT2D eigenvalue weighted by Gasteiger charge is -2.32. The molecule has 0 aliphatic carbocycles. The molecule has 1 saturated heterocycles. The van der Waals surface area contributed by atoms with E-state index in [0.29, 0.717) is 37.5 Å². The van der Waals surface area contributed by atoms with E-state index < -0.39 is 23.5 Å². The molecule has 4 aromatic rings. The van der Waals surface area contributed by atoms with Gasteiger partial charge in [-0.2, -0.15) is 13.2 Å². The van der Waals surface area contributed by atoms with Gasteiger partial charge in [0.1, 0.15) is 12.0 Å². The Morgan fingerprint density at radius 1 is 1.12 bits per heavy atom. The molecule has 0 bridgehead atoms. The molecule has 0 radical (unpaired) electrons. The first-order chi connectivity index (χ1) is 20.1. The van der Waals surface area contributed by atoms with E-state index in [9.17, 15) is 18.0 Å². The van der Waals surface area contributed by atoms with Crippen molar-refractivity contribution < 1.29 is 27.5 Å². The average Bonchev–Trinajstić information content (AvgIpc) is 3.33. The zero-order valence-electron chi connectivity index (χ0n) is 23.3. The monoisotopic (exact) mass is 585 g/mol. The number of carbonyl (C=O) groups excluding carboxylic acids is 1. The highest BCUT2D eigenvalue weighted by Crippen LogP contribution is 2.36. The van der Waals surface area contributed by atoms with Gasteiger partial charge in [0.05, 0.1) is 23.3 Å². The third kappa shape index (κ3) is 5.91. The van der Waals surface area contributed by atoms with Gasteiger partial charge in [-0.25, -0.2) is 24.3 Å². The summed E-state index contributed by atoms with van der Waals surface area (Å²) >= 11 is 0. The van der Waals surface area contributed by atoms with Gasteiger partial charge in [0.2, 0.25) is 5.95 Å². The number of amides is 1. The molecular weight excluding hydrogens is 554 g/mol. The summed E-state index contributed by atoms with van der Waals surface area (Å²) in [7, 11) is 1.39. The summed E-state index contributed by atoms with van der Waals surface area (Å²) in [6.45, 7) is 3.01. The normalized spacial score (nSPS) is 14.5. The number of aliphatic hydroxyl groups is 1. The smallest absolute Gasteiger partial charge is 0.395 e. The number of aryl methyl sites for hydroxylation is 1. The molecule has 9 nitrogen and oxygen atoms in total. The molecule has 4 heterocycles. The van der Waals surface area contributed by atoms with Crippen LogP contribution in [0.1, 0.15) is 58.5 Å². The molecule has 1 N–H and O–H groups in total. The lowest BCUT2D eigenvalue weighted by Crippen LogP contribution is -2.35. The molecule has 0 atom stereocenters. The van der Waals surface area contributed by atoms with Gasteiger partial charge in [0.15, 0.2) is 5.82 Å². The summed E-state index contributed by atoms with van der Waals surface area (Å²) in [4.78, 5) is 33.1. The summed E-state index contributed by atoms with van der Waals surface area (Å²) in [5, 5.41) is 9.15. The fourth-order valence-corrected chi connectivity index (χ4v) is 5.33. The summed E-state index contributed by atoms with van der Waals surface area (Å²) in [6, 6.07) is 3.24. The van der Waals surface area contributed by atoms with Crippen molar-refractivity contribution in [2.75, 3.05) is 38.2 Å². The molecule has 42 heavy (non-hydrogen) atoms. The van der Waals surface area contributed by atoms with Crippen LogP contribution in [0.2, 0.25) is 0 Å². The maximum absolute atomic E-state index is 15.4. The predicted molar refractivity (Wildman–Crippen MR) is 148 cm³/mol. The zero-order valence-corrected chi connectivity index (χ0v) is 23.3. The molecule has 0 spiro atoms. The van der Waals surface area contributed by atoms with Crippen LogP contribution in [0.15, 0.2) is 43.1 Å². The Balaban J connectivity index is 1.40. The van der Waals surface area contributed by atoms with Gasteiger partial charge in [-0.15, -0.1) is 0 Å². The topological polar surface area (TPSA) is 100 Å². The molecule has 1 aliphatic rings. The summed E-state index contributed by atoms with van der Waals surface area (Å²) in [6.07, 6.45) is 3.36. The van der Waals surface area contributed by atoms with Crippen molar-refractivity contribution in [3.63, 3.8) is 0 Å². The van der Waals surface area contributed by atoms with Crippen molar-refractivity contribution in [3.05, 3.63) is 76.9 Å². The van der Waals surface area contributed by atoms with Gasteiger partial charge in [-0.3, -0.25) is 4.79 Å². The molecule has 13 heteroatoms. The number of aliphatic hydroxyl groups excluding tert-OH is 1. The van der Waals surface area contributed by atoms with Gasteiger partial charge in [0.25, 0.3) is 5.91 Å². The number of likely N-dealkylation sites (N-methyl/N-ethyl adjacent to an activating group) is 1. The van der Waals surface area contributed by atoms with Gasteiger partial charge in [-0.05, 0) is 42.5 Å². The van der Waals surface area contributed by atoms with Crippen LogP contribution in [-0.4, -0.2) is 73.7 Å². The SMILES string of the molecule is CCc1cnc(N2CCC(n3cc(F)c4c(Cc5ccc(C(=O)N(C)CCO)cc5C(F)(F)F)ncnc43)CC2)nc1. The highest BCUT2D eigenvalue weighted by molar-refractivity contribution is 5.94. The number of nitrogens with zero attached hydrogens (tertiary/aromatic N) is 7. The van der Waals surface area contributed by atoms with Crippen molar-refractivity contribution >= 4 is 22.9 Å². The van der Waals surface area contributed by atoms with E-state index in [-0.39, 0.29) is 47.8 Å². The Hall–Kier alpha value is -4.13. The zero-order chi connectivity index (χ0) is 30.0. The molecule has 1 fully saturated rings. The Morgan fingerprint density at radius 3 is 2.48 bits per heavy atom. The highest BCUT2D eigenvalue weighted by Gasteiger charge is 2.35. The fourth-order valence-electron chi connectivity index (χ4n) is 5.33. The van der Waals surface area contributed by atoms with Crippen LogP contribution in [0.5, 0.6) is 0 Å². The maximum Gasteiger partial charge on any atom is 0.416 e. The van der Waals surface area contributed by atoms with E-state index >= 15 is 4.39 Å². The number of fused-ring (bicyclic) bond motifs is 1. The summed E-state index contributed by atoms with van der Waals surface area (Å²) in [5.74, 6) is -0.608. The first-order valence-electron chi connectivity index (χ1n) is 13.7. The van der Waals surface area contributed by atoms with Crippen molar-refractivity contribution in [2.45, 2.75) is 44.8 Å². The Labute approximate surface area is 239 Å². The number of aromatic nitrogens is 5. The molecule has 0 saturated carbocycles. The predicted octanol–water partition coefficient (Wildman–Crippen LogP) is 4.44. The minimum absolute atomic E-state index is 0.0179. The van der Waals surface area contributed by atoms with Gasteiger partial charge in [0, 0.05) is 63.3 Å². The van der Waals surface area contributed by atoms with Crippen LogP contribution in [0.4, 0.5) is 23.5 Å². The van der Waals surface area contributed by atoms with Crippen LogP contribution in [0.3, 0.4) is 0 Å². The number of rotatable bonds is 8. The van der Waals surface area contributed by atoms with E-state index in [1.54, 1.807) is 4.57 Å². The number of piperidine rings is 1. The molecule has 3 aromatic heterocycles. The first kappa shape index (κ1) is 29.4. The Bertz CT molecular complexity index is 1560. The molecule has 222 valence electrons. The lowest BCUT2D eigenvalue weighted by molar-refractivity contribution is -0.138. The van der Waals surface area contributed by atoms with Crippen molar-refractivity contribution in [1.82, 2.24) is 29.4 Å². The second-order valence-corrected chi connectivity index (χ2v) is 10.4. The minimum Gasteiger partial charge on any atom is -0.395 e. The summed E-state index contributed by atoms with van der Waals surface area (Å²) < 4.78 is 59.4. The van der Waals surface area contributed by atoms with Crippen LogP contribution >= 0.6 is 0 Å². The number of anilines is 1. The quantitative estimate of drug-likeness (QED) is 0.305. The van der Waals surface area contributed by atoms with Gasteiger partial charge in [-0.1, -0.05) is 13.0 Å². The Morgan fingerprint density at radius 2 is 1.83 bits per heavy atom. The largest absolute Gasteiger partial charge is 0.416 e. The van der Waals surface area contributed by atoms with E-state index in [4.69, 9.17) is 5.11 Å². The summed E-state index contributed by atoms with van der Waals surface area (Å²) in [5.41, 5.74) is 0.198. The van der Waals surface area contributed by atoms with Crippen molar-refractivity contribution in [2.24, 2.45) is 0 Å². The molecule has 1 aliphatic heterocycles. The second kappa shape index (κ2) is 12.0. The molecule has 1 amide bonds. The number of benzene rings is 1. The molecule has 1 aromatic carbocycles. The molecule has 0 unspecified atom stereocenters. The number of hydrogen-bond acceptors (Lipinski definition) is 7. The molecular formula is C29H31F4N7O2. The van der Waals surface area contributed by atoms with E-state index in [0.717, 1.165) is 23.0 Å². The molecule has 5 rings (SSSR count). The number of halogens is 4. The van der Waals surface area contributed by atoms with Crippen LogP contribution in [0.25, 0.3) is 11.0 Å². The number of alkyl halides is 3. The number of hydrogen-bond donors (Lipinski definition) is 1. The van der Waals surface area contributed by atoms with Crippen molar-refractivity contribution in [3.8, 4) is 0 Å². The third-order valence-electron chi connectivity index (χ3n) is 7.68. The number of carbonyl (C=O) groups is 1. The fraction of sp³-hybridized carbons (Fsp3) is 0.414. The third-order valence-corrected chi connectivity index (χ3v) is 7.68. The first-order valence-corrected chi connectivity index (χ1v) is 13.7. The van der Waals surface area contributed by atoms with E-state index in [2.05, 4.69) is 24.8 Å². The highest BCUT2D eigenvalue weighted by atomic mass is 19.4.